The number of carboxylic acids is 1. The van der Waals surface area contributed by atoms with E-state index >= 15 is 0 Å². The van der Waals surface area contributed by atoms with Crippen molar-refractivity contribution in [3.63, 3.8) is 0 Å². The fourth-order valence-corrected chi connectivity index (χ4v) is 2.88. The van der Waals surface area contributed by atoms with Gasteiger partial charge in [0.15, 0.2) is 0 Å². The molecule has 3 amide bonds. The summed E-state index contributed by atoms with van der Waals surface area (Å²) in [4.78, 5) is 49.3. The van der Waals surface area contributed by atoms with Crippen LogP contribution in [0.15, 0.2) is 24.3 Å². The number of carboxylic acid groups (broad SMARTS) is 1. The van der Waals surface area contributed by atoms with Crippen molar-refractivity contribution in [1.29, 1.82) is 0 Å². The van der Waals surface area contributed by atoms with E-state index in [1.807, 2.05) is 6.92 Å². The largest absolute Gasteiger partial charge is 0.508 e. The minimum atomic E-state index is -1.27. The lowest BCUT2D eigenvalue weighted by Crippen LogP contribution is -2.59. The third-order valence-corrected chi connectivity index (χ3v) is 5.35. The van der Waals surface area contributed by atoms with E-state index in [1.54, 1.807) is 19.1 Å². The maximum atomic E-state index is 13.1. The van der Waals surface area contributed by atoms with Gasteiger partial charge < -0.3 is 37.0 Å². The molecule has 0 aliphatic heterocycles. The quantitative estimate of drug-likeness (QED) is 0.209. The molecule has 6 unspecified atom stereocenters. The first kappa shape index (κ1) is 27.9. The van der Waals surface area contributed by atoms with E-state index in [-0.39, 0.29) is 18.1 Å². The van der Waals surface area contributed by atoms with Gasteiger partial charge in [-0.3, -0.25) is 19.2 Å². The number of rotatable bonds is 12. The molecule has 33 heavy (non-hydrogen) atoms. The Hall–Kier alpha value is -3.18. The zero-order chi connectivity index (χ0) is 25.3. The molecule has 0 aromatic heterocycles. The summed E-state index contributed by atoms with van der Waals surface area (Å²) in [6, 6.07) is 1.37. The molecule has 1 aromatic rings. The topological polar surface area (TPSA) is 191 Å². The number of nitrogens with two attached hydrogens (primary N) is 1. The molecule has 1 aromatic carbocycles. The molecule has 0 heterocycles. The second-order valence-electron chi connectivity index (χ2n) is 8.14. The van der Waals surface area contributed by atoms with Gasteiger partial charge in [-0.15, -0.1) is 0 Å². The molecule has 0 radical (unpaired) electrons. The van der Waals surface area contributed by atoms with Crippen LogP contribution >= 0.6 is 0 Å². The normalized spacial score (nSPS) is 16.4. The van der Waals surface area contributed by atoms with Crippen LogP contribution in [-0.4, -0.2) is 69.3 Å². The molecule has 0 bridgehead atoms. The summed E-state index contributed by atoms with van der Waals surface area (Å²) in [5, 5.41) is 35.6. The first-order chi connectivity index (χ1) is 15.4. The molecule has 0 saturated carbocycles. The number of nitrogens with one attached hydrogen (secondary N) is 3. The molecule has 0 aliphatic rings. The van der Waals surface area contributed by atoms with Crippen LogP contribution in [0.1, 0.15) is 39.7 Å². The fourth-order valence-electron chi connectivity index (χ4n) is 2.88. The van der Waals surface area contributed by atoms with Crippen LogP contribution in [0.25, 0.3) is 0 Å². The van der Waals surface area contributed by atoms with Crippen LogP contribution < -0.4 is 21.7 Å². The second-order valence-corrected chi connectivity index (χ2v) is 8.14. The van der Waals surface area contributed by atoms with Gasteiger partial charge in [-0.2, -0.15) is 0 Å². The average Bonchev–Trinajstić information content (AvgIpc) is 2.76. The van der Waals surface area contributed by atoms with Crippen molar-refractivity contribution >= 4 is 23.7 Å². The van der Waals surface area contributed by atoms with Crippen molar-refractivity contribution in [2.45, 2.75) is 70.8 Å². The zero-order valence-electron chi connectivity index (χ0n) is 19.2. The third kappa shape index (κ3) is 8.70. The minimum Gasteiger partial charge on any atom is -0.508 e. The number of benzene rings is 1. The van der Waals surface area contributed by atoms with Crippen molar-refractivity contribution in [3.8, 4) is 5.75 Å². The highest BCUT2D eigenvalue weighted by Gasteiger charge is 2.32. The highest BCUT2D eigenvalue weighted by atomic mass is 16.4. The third-order valence-electron chi connectivity index (χ3n) is 5.35. The van der Waals surface area contributed by atoms with Crippen LogP contribution in [0.3, 0.4) is 0 Å². The number of aliphatic hydroxyl groups excluding tert-OH is 1. The number of amides is 3. The fraction of sp³-hybridized carbons (Fsp3) is 0.545. The summed E-state index contributed by atoms with van der Waals surface area (Å²) in [5.41, 5.74) is 6.29. The molecule has 0 saturated heterocycles. The molecule has 1 rings (SSSR count). The maximum absolute atomic E-state index is 13.1. The number of phenolic OH excluding ortho intramolecular Hbond substituents is 1. The van der Waals surface area contributed by atoms with E-state index < -0.39 is 54.0 Å². The van der Waals surface area contributed by atoms with Crippen molar-refractivity contribution in [1.82, 2.24) is 16.0 Å². The number of phenols is 1. The van der Waals surface area contributed by atoms with Crippen LogP contribution in [0.4, 0.5) is 0 Å². The number of hydrogen-bond acceptors (Lipinski definition) is 7. The number of carbonyl (C=O) groups is 4. The summed E-state index contributed by atoms with van der Waals surface area (Å²) in [5.74, 6) is -3.63. The number of hydrogen-bond donors (Lipinski definition) is 7. The summed E-state index contributed by atoms with van der Waals surface area (Å²) in [6.07, 6.45) is -0.620. The monoisotopic (exact) mass is 466 g/mol. The first-order valence-corrected chi connectivity index (χ1v) is 10.7. The standard InChI is InChI=1S/C22H34N4O7/c1-5-11(2)18(21(31)24-12(3)22(32)33)26-19(29)16(25-20(30)17(23)13(4)27)10-14-6-8-15(28)9-7-14/h6-9,11-13,16-18,27-28H,5,10,23H2,1-4H3,(H,24,31)(H,25,30)(H,26,29)(H,32,33). The Morgan fingerprint density at radius 2 is 1.52 bits per heavy atom. The Kier molecular flexibility index (Phi) is 10.8. The minimum absolute atomic E-state index is 0.0186. The molecule has 0 aliphatic carbocycles. The summed E-state index contributed by atoms with van der Waals surface area (Å²) in [7, 11) is 0. The van der Waals surface area contributed by atoms with Gasteiger partial charge in [-0.25, -0.2) is 0 Å². The lowest BCUT2D eigenvalue weighted by molar-refractivity contribution is -0.142. The average molecular weight is 467 g/mol. The van der Waals surface area contributed by atoms with Crippen molar-refractivity contribution in [3.05, 3.63) is 29.8 Å². The van der Waals surface area contributed by atoms with Crippen LogP contribution in [0, 0.1) is 5.92 Å². The van der Waals surface area contributed by atoms with E-state index in [4.69, 9.17) is 10.8 Å². The van der Waals surface area contributed by atoms with Gasteiger partial charge in [0.25, 0.3) is 0 Å². The van der Waals surface area contributed by atoms with E-state index in [1.165, 1.54) is 26.0 Å². The van der Waals surface area contributed by atoms with Crippen LogP contribution in [-0.2, 0) is 25.6 Å². The molecule has 6 atom stereocenters. The van der Waals surface area contributed by atoms with Crippen molar-refractivity contribution in [2.24, 2.45) is 11.7 Å². The molecular weight excluding hydrogens is 432 g/mol. The Labute approximate surface area is 192 Å². The molecule has 0 fully saturated rings. The lowest BCUT2D eigenvalue weighted by atomic mass is 9.96. The van der Waals surface area contributed by atoms with E-state index in [0.29, 0.717) is 12.0 Å². The van der Waals surface area contributed by atoms with Gasteiger partial charge in [-0.05, 0) is 37.5 Å². The summed E-state index contributed by atoms with van der Waals surface area (Å²) < 4.78 is 0. The molecule has 0 spiro atoms. The van der Waals surface area contributed by atoms with Crippen molar-refractivity contribution < 1.29 is 34.5 Å². The SMILES string of the molecule is CCC(C)C(NC(=O)C(Cc1ccc(O)cc1)NC(=O)C(N)C(C)O)C(=O)NC(C)C(=O)O. The number of aromatic hydroxyl groups is 1. The Balaban J connectivity index is 3.12. The predicted octanol–water partition coefficient (Wildman–Crippen LogP) is -0.752. The summed E-state index contributed by atoms with van der Waals surface area (Å²) >= 11 is 0. The van der Waals surface area contributed by atoms with Crippen LogP contribution in [0.5, 0.6) is 5.75 Å². The highest BCUT2D eigenvalue weighted by Crippen LogP contribution is 2.13. The van der Waals surface area contributed by atoms with E-state index in [0.717, 1.165) is 0 Å². The van der Waals surface area contributed by atoms with Gasteiger partial charge in [0, 0.05) is 6.42 Å². The Morgan fingerprint density at radius 3 is 2.00 bits per heavy atom. The number of carbonyl (C=O) groups excluding carboxylic acids is 3. The van der Waals surface area contributed by atoms with E-state index in [9.17, 15) is 29.4 Å². The first-order valence-electron chi connectivity index (χ1n) is 10.7. The highest BCUT2D eigenvalue weighted by molar-refractivity contribution is 5.94. The number of aliphatic carboxylic acids is 1. The number of aliphatic hydroxyl groups is 1. The van der Waals surface area contributed by atoms with Gasteiger partial charge in [0.1, 0.15) is 29.9 Å². The molecule has 11 heteroatoms. The van der Waals surface area contributed by atoms with Gasteiger partial charge in [0.05, 0.1) is 6.10 Å². The predicted molar refractivity (Wildman–Crippen MR) is 120 cm³/mol. The second kappa shape index (κ2) is 12.8. The summed E-state index contributed by atoms with van der Waals surface area (Å²) in [6.45, 7) is 6.19. The lowest BCUT2D eigenvalue weighted by Gasteiger charge is -2.28. The van der Waals surface area contributed by atoms with Gasteiger partial charge in [-0.1, -0.05) is 32.4 Å². The van der Waals surface area contributed by atoms with Gasteiger partial charge in [0.2, 0.25) is 17.7 Å². The van der Waals surface area contributed by atoms with E-state index in [2.05, 4.69) is 16.0 Å². The Bertz CT molecular complexity index is 829. The molecule has 8 N–H and O–H groups in total. The molecule has 11 nitrogen and oxygen atoms in total. The molecule has 184 valence electrons. The Morgan fingerprint density at radius 1 is 0.939 bits per heavy atom. The van der Waals surface area contributed by atoms with Crippen molar-refractivity contribution in [2.75, 3.05) is 0 Å². The van der Waals surface area contributed by atoms with Gasteiger partial charge >= 0.3 is 5.97 Å². The smallest absolute Gasteiger partial charge is 0.325 e. The van der Waals surface area contributed by atoms with Crippen LogP contribution in [0.2, 0.25) is 0 Å². The zero-order valence-corrected chi connectivity index (χ0v) is 19.2. The molecular formula is C22H34N4O7. The maximum Gasteiger partial charge on any atom is 0.325 e.